The van der Waals surface area contributed by atoms with Gasteiger partial charge in [0.1, 0.15) is 5.67 Å². The van der Waals surface area contributed by atoms with Crippen molar-refractivity contribution in [3.63, 3.8) is 0 Å². The minimum Gasteiger partial charge on any atom is -0.417 e. The summed E-state index contributed by atoms with van der Waals surface area (Å²) in [7, 11) is -15.0. The molecule has 0 aliphatic carbocycles. The maximum Gasteiger partial charge on any atom is 0.499 e. The van der Waals surface area contributed by atoms with Crippen LogP contribution in [0.25, 0.3) is 0 Å². The lowest BCUT2D eigenvalue weighted by molar-refractivity contribution is 0.169. The fraction of sp³-hybridized carbons (Fsp3) is 0.941. The Labute approximate surface area is 191 Å². The van der Waals surface area contributed by atoms with Crippen LogP contribution in [0.5, 0.6) is 0 Å². The first-order valence-electron chi connectivity index (χ1n) is 10.6. The van der Waals surface area contributed by atoms with E-state index in [1.54, 1.807) is 6.08 Å². The number of rotatable bonds is 13. The summed E-state index contributed by atoms with van der Waals surface area (Å²) >= 11 is 0. The van der Waals surface area contributed by atoms with Crippen molar-refractivity contribution >= 4 is 57.0 Å². The first-order chi connectivity index (χ1) is 13.1. The van der Waals surface area contributed by atoms with Crippen molar-refractivity contribution in [1.29, 1.82) is 0 Å². The lowest BCUT2D eigenvalue weighted by Gasteiger charge is -2.47. The molecular formula is C17H45NO6Si6. The third-order valence-corrected chi connectivity index (χ3v) is 22.2. The van der Waals surface area contributed by atoms with Crippen LogP contribution in [-0.4, -0.2) is 62.6 Å². The fourth-order valence-corrected chi connectivity index (χ4v) is 26.4. The highest BCUT2D eigenvalue weighted by Crippen LogP contribution is 2.33. The fourth-order valence-electron chi connectivity index (χ4n) is 3.04. The van der Waals surface area contributed by atoms with E-state index in [4.69, 9.17) is 20.6 Å². The van der Waals surface area contributed by atoms with Crippen molar-refractivity contribution in [1.82, 2.24) is 0 Å². The standard InChI is InChI=1S/C17H45NO6Si6/c1-15-17(18-16-19)30(22-27(8,9)10,23-28(11,12)13)24-29(14,20-25(2,3)4)21-26(5,6)7/h17H,15H2,1-14H3. The van der Waals surface area contributed by atoms with E-state index in [2.05, 4.69) is 83.6 Å². The van der Waals surface area contributed by atoms with Gasteiger partial charge in [-0.25, -0.2) is 4.79 Å². The van der Waals surface area contributed by atoms with Crippen molar-refractivity contribution in [3.05, 3.63) is 0 Å². The Kier molecular flexibility index (Phi) is 10.8. The van der Waals surface area contributed by atoms with E-state index in [0.29, 0.717) is 6.42 Å². The Morgan fingerprint density at radius 1 is 0.633 bits per heavy atom. The summed E-state index contributed by atoms with van der Waals surface area (Å²) in [5.41, 5.74) is -0.532. The van der Waals surface area contributed by atoms with Crippen LogP contribution in [0, 0.1) is 0 Å². The van der Waals surface area contributed by atoms with Crippen LogP contribution in [0.15, 0.2) is 4.99 Å². The average Bonchev–Trinajstić information content (AvgIpc) is 2.34. The average molecular weight is 528 g/mol. The van der Waals surface area contributed by atoms with Crippen molar-refractivity contribution in [2.75, 3.05) is 0 Å². The van der Waals surface area contributed by atoms with Gasteiger partial charge in [-0.2, -0.15) is 4.99 Å². The van der Waals surface area contributed by atoms with Crippen LogP contribution in [-0.2, 0) is 25.4 Å². The number of isocyanates is 1. The number of nitrogens with zero attached hydrogens (tertiary/aromatic N) is 1. The molecule has 0 bridgehead atoms. The SMILES string of the molecule is CCC(N=C=O)[Si](O[Si](C)(C)C)(O[Si](C)(C)C)O[Si](C)(O[Si](C)(C)C)O[Si](C)(C)C. The van der Waals surface area contributed by atoms with Crippen LogP contribution in [0.4, 0.5) is 0 Å². The number of hydrogen-bond donors (Lipinski definition) is 0. The molecule has 0 aliphatic rings. The Bertz CT molecular complexity index is 570. The van der Waals surface area contributed by atoms with Crippen molar-refractivity contribution in [2.45, 2.75) is 104 Å². The molecular weight excluding hydrogens is 483 g/mol. The Morgan fingerprint density at radius 2 is 0.967 bits per heavy atom. The molecule has 0 aliphatic heterocycles. The lowest BCUT2D eigenvalue weighted by atomic mass is 10.5. The van der Waals surface area contributed by atoms with Crippen LogP contribution < -0.4 is 0 Å². The van der Waals surface area contributed by atoms with Crippen molar-refractivity contribution in [3.8, 4) is 0 Å². The molecule has 1 atom stereocenters. The quantitative estimate of drug-likeness (QED) is 0.177. The molecule has 0 fully saturated rings. The van der Waals surface area contributed by atoms with Gasteiger partial charge in [-0.15, -0.1) is 0 Å². The Hall–Kier alpha value is 0.481. The largest absolute Gasteiger partial charge is 0.499 e. The third kappa shape index (κ3) is 12.5. The maximum atomic E-state index is 11.3. The molecule has 0 aromatic rings. The maximum absolute atomic E-state index is 11.3. The predicted octanol–water partition coefficient (Wildman–Crippen LogP) is 5.57. The number of carbonyl (C=O) groups excluding carboxylic acids is 1. The molecule has 0 saturated heterocycles. The van der Waals surface area contributed by atoms with E-state index in [0.717, 1.165) is 0 Å². The minimum atomic E-state index is -3.50. The van der Waals surface area contributed by atoms with Gasteiger partial charge in [-0.05, 0) is 85.0 Å². The molecule has 0 saturated carbocycles. The summed E-state index contributed by atoms with van der Waals surface area (Å²) in [6.45, 7) is 29.2. The smallest absolute Gasteiger partial charge is 0.417 e. The van der Waals surface area contributed by atoms with Gasteiger partial charge in [0.05, 0.1) is 0 Å². The summed E-state index contributed by atoms with van der Waals surface area (Å²) in [6.07, 6.45) is 2.29. The molecule has 0 aromatic carbocycles. The van der Waals surface area contributed by atoms with Gasteiger partial charge in [0, 0.05) is 6.55 Å². The highest BCUT2D eigenvalue weighted by atomic mass is 28.5. The first kappa shape index (κ1) is 30.5. The van der Waals surface area contributed by atoms with Gasteiger partial charge >= 0.3 is 17.6 Å². The van der Waals surface area contributed by atoms with Gasteiger partial charge < -0.3 is 20.6 Å². The minimum absolute atomic E-state index is 0.532. The first-order valence-corrected chi connectivity index (χ1v) is 28.3. The summed E-state index contributed by atoms with van der Waals surface area (Å²) in [6, 6.07) is 0. The molecule has 0 rings (SSSR count). The van der Waals surface area contributed by atoms with Crippen LogP contribution in [0.3, 0.4) is 0 Å². The predicted molar refractivity (Wildman–Crippen MR) is 138 cm³/mol. The number of aliphatic imine (C=N–C) groups is 1. The normalized spacial score (nSPS) is 15.7. The third-order valence-electron chi connectivity index (χ3n) is 3.21. The molecule has 0 spiro atoms. The van der Waals surface area contributed by atoms with Crippen LogP contribution in [0.2, 0.25) is 85.1 Å². The molecule has 178 valence electrons. The van der Waals surface area contributed by atoms with Crippen LogP contribution in [0.1, 0.15) is 13.3 Å². The van der Waals surface area contributed by atoms with Crippen molar-refractivity contribution < 1.29 is 25.4 Å². The van der Waals surface area contributed by atoms with E-state index in [1.165, 1.54) is 0 Å². The molecule has 1 unspecified atom stereocenters. The summed E-state index contributed by atoms with van der Waals surface area (Å²) < 4.78 is 33.5. The van der Waals surface area contributed by atoms with Gasteiger partial charge in [-0.3, -0.25) is 0 Å². The van der Waals surface area contributed by atoms with Gasteiger partial charge in [0.2, 0.25) is 6.08 Å². The summed E-state index contributed by atoms with van der Waals surface area (Å²) in [5.74, 6) is 0. The topological polar surface area (TPSA) is 75.6 Å². The zero-order chi connectivity index (χ0) is 24.2. The Balaban J connectivity index is 6.74. The summed E-state index contributed by atoms with van der Waals surface area (Å²) in [4.78, 5) is 15.4. The van der Waals surface area contributed by atoms with Gasteiger partial charge in [0.25, 0.3) is 0 Å². The van der Waals surface area contributed by atoms with E-state index < -0.39 is 56.5 Å². The molecule has 0 N–H and O–H groups in total. The highest BCUT2D eigenvalue weighted by Gasteiger charge is 2.60. The van der Waals surface area contributed by atoms with E-state index in [-0.39, 0.29) is 0 Å². The molecule has 0 amide bonds. The van der Waals surface area contributed by atoms with Crippen molar-refractivity contribution in [2.24, 2.45) is 4.99 Å². The second kappa shape index (κ2) is 10.6. The van der Waals surface area contributed by atoms with Gasteiger partial charge in [-0.1, -0.05) is 6.92 Å². The van der Waals surface area contributed by atoms with E-state index in [1.807, 2.05) is 13.5 Å². The molecule has 7 nitrogen and oxygen atoms in total. The van der Waals surface area contributed by atoms with Gasteiger partial charge in [0.15, 0.2) is 33.3 Å². The van der Waals surface area contributed by atoms with Crippen LogP contribution >= 0.6 is 0 Å². The summed E-state index contributed by atoms with van der Waals surface area (Å²) in [5, 5.41) is 0. The molecule has 0 heterocycles. The zero-order valence-corrected chi connectivity index (χ0v) is 27.7. The highest BCUT2D eigenvalue weighted by molar-refractivity contribution is 6.92. The number of hydrogen-bond acceptors (Lipinski definition) is 7. The van der Waals surface area contributed by atoms with E-state index >= 15 is 0 Å². The molecule has 13 heteroatoms. The molecule has 30 heavy (non-hydrogen) atoms. The molecule has 0 aromatic heterocycles. The van der Waals surface area contributed by atoms with E-state index in [9.17, 15) is 4.79 Å². The second-order valence-electron chi connectivity index (χ2n) is 11.6. The molecule has 0 radical (unpaired) electrons. The lowest BCUT2D eigenvalue weighted by Crippen LogP contribution is -2.70. The Morgan fingerprint density at radius 3 is 1.20 bits per heavy atom. The zero-order valence-electron chi connectivity index (χ0n) is 21.7. The second-order valence-corrected chi connectivity index (χ2v) is 36.1. The monoisotopic (exact) mass is 527 g/mol.